The first kappa shape index (κ1) is 13.0. The lowest BCUT2D eigenvalue weighted by Gasteiger charge is -2.07. The van der Waals surface area contributed by atoms with E-state index < -0.39 is 0 Å². The molecule has 0 spiro atoms. The molecule has 0 atom stereocenters. The maximum absolute atomic E-state index is 11.4. The van der Waals surface area contributed by atoms with E-state index in [2.05, 4.69) is 10.2 Å². The summed E-state index contributed by atoms with van der Waals surface area (Å²) in [5, 5.41) is 17.8. The molecule has 2 rings (SSSR count). The summed E-state index contributed by atoms with van der Waals surface area (Å²) < 4.78 is 0.966. The Labute approximate surface area is 110 Å². The molecule has 0 fully saturated rings. The van der Waals surface area contributed by atoms with Crippen LogP contribution in [0.2, 0.25) is 0 Å². The van der Waals surface area contributed by atoms with E-state index in [1.165, 1.54) is 6.08 Å². The molecular formula is C14H15N3O2. The molecule has 0 aromatic carbocycles. The summed E-state index contributed by atoms with van der Waals surface area (Å²) in [4.78, 5) is 11.4. The Morgan fingerprint density at radius 1 is 1.05 bits per heavy atom. The highest BCUT2D eigenvalue weighted by Gasteiger charge is 2.12. The highest BCUT2D eigenvalue weighted by Crippen LogP contribution is 2.11. The van der Waals surface area contributed by atoms with Crippen LogP contribution in [0, 0.1) is 6.92 Å². The van der Waals surface area contributed by atoms with E-state index in [-0.39, 0.29) is 5.78 Å². The van der Waals surface area contributed by atoms with E-state index in [0.717, 1.165) is 10.3 Å². The first-order valence-electron chi connectivity index (χ1n) is 5.90. The molecule has 19 heavy (non-hydrogen) atoms. The zero-order valence-corrected chi connectivity index (χ0v) is 11.1. The Hall–Kier alpha value is -2.43. The smallest absolute Gasteiger partial charge is 0.190 e. The number of hydrogen-bond acceptors (Lipinski definition) is 4. The van der Waals surface area contributed by atoms with E-state index in [9.17, 15) is 10.0 Å². The van der Waals surface area contributed by atoms with Gasteiger partial charge in [0.1, 0.15) is 0 Å². The second-order valence-electron chi connectivity index (χ2n) is 4.44. The summed E-state index contributed by atoms with van der Waals surface area (Å²) in [6.07, 6.45) is 3.23. The molecule has 0 saturated heterocycles. The van der Waals surface area contributed by atoms with Gasteiger partial charge in [0.05, 0.1) is 11.4 Å². The molecule has 0 amide bonds. The van der Waals surface area contributed by atoms with Crippen molar-refractivity contribution < 1.29 is 10.0 Å². The van der Waals surface area contributed by atoms with Crippen LogP contribution in [0.3, 0.4) is 0 Å². The van der Waals surface area contributed by atoms with Gasteiger partial charge in [-0.2, -0.15) is 4.73 Å². The third-order valence-corrected chi connectivity index (χ3v) is 2.89. The molecule has 5 nitrogen and oxygen atoms in total. The zero-order chi connectivity index (χ0) is 14.0. The fourth-order valence-electron chi connectivity index (χ4n) is 1.66. The summed E-state index contributed by atoms with van der Waals surface area (Å²) in [6, 6.07) is 5.20. The Balaban J connectivity index is 2.46. The summed E-state index contributed by atoms with van der Waals surface area (Å²) in [7, 11) is 0. The Kier molecular flexibility index (Phi) is 3.46. The summed E-state index contributed by atoms with van der Waals surface area (Å²) in [6.45, 7) is 5.30. The van der Waals surface area contributed by atoms with Crippen LogP contribution in [-0.4, -0.2) is 21.4 Å². The number of ketones is 1. The Bertz CT molecular complexity index is 691. The number of carbonyl (C=O) groups is 1. The molecule has 1 aromatic heterocycles. The average Bonchev–Trinajstić information content (AvgIpc) is 2.37. The molecule has 0 bridgehead atoms. The van der Waals surface area contributed by atoms with Gasteiger partial charge in [-0.05, 0) is 56.2 Å². The molecule has 1 heterocycles. The standard InChI is InChI=1S/C14H15N3O2/c1-9-8-13(18)10(2)7-12(9)15-16-14-6-4-5-11(3)17(14)19/h4-8,19H,1-3H3. The maximum Gasteiger partial charge on any atom is 0.190 e. The van der Waals surface area contributed by atoms with Gasteiger partial charge in [-0.15, -0.1) is 10.2 Å². The fourth-order valence-corrected chi connectivity index (χ4v) is 1.66. The van der Waals surface area contributed by atoms with Crippen molar-refractivity contribution in [1.29, 1.82) is 0 Å². The number of nitrogens with zero attached hydrogens (tertiary/aromatic N) is 3. The van der Waals surface area contributed by atoms with Crippen molar-refractivity contribution in [2.45, 2.75) is 20.8 Å². The van der Waals surface area contributed by atoms with Crippen LogP contribution >= 0.6 is 0 Å². The molecule has 0 radical (unpaired) electrons. The van der Waals surface area contributed by atoms with Gasteiger partial charge in [0.2, 0.25) is 0 Å². The third-order valence-electron chi connectivity index (χ3n) is 2.89. The monoisotopic (exact) mass is 257 g/mol. The van der Waals surface area contributed by atoms with Gasteiger partial charge in [-0.1, -0.05) is 6.07 Å². The van der Waals surface area contributed by atoms with Gasteiger partial charge in [0, 0.05) is 0 Å². The van der Waals surface area contributed by atoms with Crippen molar-refractivity contribution >= 4 is 11.5 Å². The predicted molar refractivity (Wildman–Crippen MR) is 71.9 cm³/mol. The van der Waals surface area contributed by atoms with E-state index in [1.54, 1.807) is 45.0 Å². The number of carbonyl (C=O) groups excluding carboxylic acids is 1. The van der Waals surface area contributed by atoms with Gasteiger partial charge in [0.25, 0.3) is 0 Å². The number of aromatic nitrogens is 1. The van der Waals surface area contributed by atoms with E-state index in [0.29, 0.717) is 22.5 Å². The number of hydrogen-bond donors (Lipinski definition) is 1. The number of rotatable bonds is 1. The third kappa shape index (κ3) is 2.70. The topological polar surface area (TPSA) is 66.9 Å². The van der Waals surface area contributed by atoms with Crippen LogP contribution < -0.4 is 5.49 Å². The van der Waals surface area contributed by atoms with Crippen LogP contribution in [0.25, 0.3) is 0 Å². The number of pyridine rings is 1. The van der Waals surface area contributed by atoms with Crippen molar-refractivity contribution in [1.82, 2.24) is 4.73 Å². The van der Waals surface area contributed by atoms with Crippen LogP contribution in [0.4, 0.5) is 0 Å². The number of allylic oxidation sites excluding steroid dienone is 4. The first-order chi connectivity index (χ1) is 8.99. The zero-order valence-electron chi connectivity index (χ0n) is 11.1. The molecule has 1 aromatic rings. The van der Waals surface area contributed by atoms with E-state index in [4.69, 9.17) is 0 Å². The summed E-state index contributed by atoms with van der Waals surface area (Å²) in [5.41, 5.74) is 3.01. The summed E-state index contributed by atoms with van der Waals surface area (Å²) >= 11 is 0. The van der Waals surface area contributed by atoms with Crippen molar-refractivity contribution in [2.24, 2.45) is 10.2 Å². The van der Waals surface area contributed by atoms with Crippen LogP contribution in [0.5, 0.6) is 0 Å². The van der Waals surface area contributed by atoms with Crippen molar-refractivity contribution in [2.75, 3.05) is 0 Å². The lowest BCUT2D eigenvalue weighted by atomic mass is 9.99. The molecule has 1 aliphatic carbocycles. The molecule has 98 valence electrons. The highest BCUT2D eigenvalue weighted by atomic mass is 16.5. The molecule has 0 saturated carbocycles. The first-order valence-corrected chi connectivity index (χ1v) is 5.90. The van der Waals surface area contributed by atoms with Gasteiger partial charge < -0.3 is 5.21 Å². The highest BCUT2D eigenvalue weighted by molar-refractivity contribution is 6.21. The normalized spacial score (nSPS) is 18.6. The molecular weight excluding hydrogens is 242 g/mol. The molecule has 1 N–H and O–H groups in total. The SMILES string of the molecule is CC1=CC(=NN=c2cccc(C)n2O)C(C)=CC1=O. The fraction of sp³-hybridized carbons (Fsp3) is 0.214. The largest absolute Gasteiger partial charge is 0.427 e. The van der Waals surface area contributed by atoms with Gasteiger partial charge in [-0.3, -0.25) is 4.79 Å². The van der Waals surface area contributed by atoms with Gasteiger partial charge >= 0.3 is 0 Å². The second-order valence-corrected chi connectivity index (χ2v) is 4.44. The molecule has 5 heteroatoms. The molecule has 1 aliphatic rings. The van der Waals surface area contributed by atoms with Crippen molar-refractivity contribution in [3.8, 4) is 0 Å². The molecule has 0 aliphatic heterocycles. The number of aryl methyl sites for hydroxylation is 1. The lowest BCUT2D eigenvalue weighted by Crippen LogP contribution is -2.20. The maximum atomic E-state index is 11.4. The van der Waals surface area contributed by atoms with Gasteiger partial charge in [-0.25, -0.2) is 0 Å². The second kappa shape index (κ2) is 5.06. The van der Waals surface area contributed by atoms with E-state index >= 15 is 0 Å². The Morgan fingerprint density at radius 2 is 1.79 bits per heavy atom. The minimum absolute atomic E-state index is 0.00997. The van der Waals surface area contributed by atoms with Crippen LogP contribution in [0.15, 0.2) is 51.7 Å². The minimum Gasteiger partial charge on any atom is -0.427 e. The minimum atomic E-state index is -0.00997. The van der Waals surface area contributed by atoms with Crippen LogP contribution in [-0.2, 0) is 4.79 Å². The Morgan fingerprint density at radius 3 is 2.53 bits per heavy atom. The van der Waals surface area contributed by atoms with Crippen molar-refractivity contribution in [3.05, 3.63) is 52.7 Å². The van der Waals surface area contributed by atoms with E-state index in [1.807, 2.05) is 0 Å². The van der Waals surface area contributed by atoms with Crippen LogP contribution in [0.1, 0.15) is 19.5 Å². The lowest BCUT2D eigenvalue weighted by molar-refractivity contribution is -0.111. The van der Waals surface area contributed by atoms with Gasteiger partial charge in [0.15, 0.2) is 11.3 Å². The van der Waals surface area contributed by atoms with Crippen molar-refractivity contribution in [3.63, 3.8) is 0 Å². The quantitative estimate of drug-likeness (QED) is 0.473. The molecule has 0 unspecified atom stereocenters. The summed E-state index contributed by atoms with van der Waals surface area (Å²) in [5.74, 6) is -0.00997. The average molecular weight is 257 g/mol. The predicted octanol–water partition coefficient (Wildman–Crippen LogP) is 1.77.